The van der Waals surface area contributed by atoms with Gasteiger partial charge < -0.3 is 19.9 Å². The van der Waals surface area contributed by atoms with Gasteiger partial charge in [0.2, 0.25) is 5.91 Å². The predicted molar refractivity (Wildman–Crippen MR) is 105 cm³/mol. The van der Waals surface area contributed by atoms with Gasteiger partial charge in [-0.3, -0.25) is 4.79 Å². The maximum absolute atomic E-state index is 13.2. The van der Waals surface area contributed by atoms with E-state index in [1.54, 1.807) is 13.4 Å². The Hall–Kier alpha value is -2.48. The standard InChI is InChI=1S/C20H28N6O2/c1-12-8-19(22-11-21-12)25-16-9-14(4-5-18(16)28-3)20(27)26-7-6-15-17(10-26)24-13(2)23-15/h8,11,14,16,18H,4-7,9-10H2,1-3H3,(H,23,24)(H,21,22,25)/t14-,16+,18+/m0/s1. The molecule has 0 saturated heterocycles. The molecule has 150 valence electrons. The van der Waals surface area contributed by atoms with Crippen LogP contribution in [0.5, 0.6) is 0 Å². The Bertz CT molecular complexity index is 851. The summed E-state index contributed by atoms with van der Waals surface area (Å²) in [7, 11) is 1.74. The number of anilines is 1. The average Bonchev–Trinajstić information content (AvgIpc) is 3.06. The lowest BCUT2D eigenvalue weighted by Gasteiger charge is -2.38. The molecule has 0 aromatic carbocycles. The van der Waals surface area contributed by atoms with E-state index in [1.165, 1.54) is 0 Å². The van der Waals surface area contributed by atoms with Gasteiger partial charge in [-0.2, -0.15) is 0 Å². The minimum absolute atomic E-state index is 0.00241. The summed E-state index contributed by atoms with van der Waals surface area (Å²) in [5.41, 5.74) is 3.09. The zero-order valence-corrected chi connectivity index (χ0v) is 16.7. The van der Waals surface area contributed by atoms with Crippen molar-refractivity contribution >= 4 is 11.7 Å². The van der Waals surface area contributed by atoms with Gasteiger partial charge in [0.15, 0.2) is 0 Å². The fraction of sp³-hybridized carbons (Fsp3) is 0.600. The summed E-state index contributed by atoms with van der Waals surface area (Å²) in [6.07, 6.45) is 4.90. The molecule has 4 rings (SSSR count). The van der Waals surface area contributed by atoms with Crippen molar-refractivity contribution < 1.29 is 9.53 Å². The van der Waals surface area contributed by atoms with Crippen molar-refractivity contribution in [2.24, 2.45) is 5.92 Å². The summed E-state index contributed by atoms with van der Waals surface area (Å²) in [5.74, 6) is 1.93. The second kappa shape index (κ2) is 7.87. The number of carbonyl (C=O) groups is 1. The number of aromatic nitrogens is 4. The Labute approximate surface area is 165 Å². The molecule has 3 heterocycles. The number of aromatic amines is 1. The third kappa shape index (κ3) is 3.87. The first-order chi connectivity index (χ1) is 13.5. The normalized spacial score (nSPS) is 24.7. The number of hydrogen-bond acceptors (Lipinski definition) is 6. The number of methoxy groups -OCH3 is 1. The van der Waals surface area contributed by atoms with E-state index in [1.807, 2.05) is 24.8 Å². The Morgan fingerprint density at radius 3 is 2.96 bits per heavy atom. The number of imidazole rings is 1. The zero-order valence-electron chi connectivity index (χ0n) is 16.7. The van der Waals surface area contributed by atoms with E-state index in [9.17, 15) is 4.79 Å². The van der Waals surface area contributed by atoms with Crippen LogP contribution in [-0.4, -0.2) is 56.5 Å². The minimum atomic E-state index is -0.00241. The van der Waals surface area contributed by atoms with E-state index < -0.39 is 0 Å². The number of H-pyrrole nitrogens is 1. The van der Waals surface area contributed by atoms with Crippen LogP contribution in [0.4, 0.5) is 5.82 Å². The molecule has 0 unspecified atom stereocenters. The van der Waals surface area contributed by atoms with Crippen LogP contribution in [0.3, 0.4) is 0 Å². The molecule has 0 spiro atoms. The molecule has 0 bridgehead atoms. The highest BCUT2D eigenvalue weighted by Crippen LogP contribution is 2.31. The molecule has 1 fully saturated rings. The van der Waals surface area contributed by atoms with Crippen LogP contribution in [-0.2, 0) is 22.5 Å². The molecular weight excluding hydrogens is 356 g/mol. The Morgan fingerprint density at radius 2 is 2.18 bits per heavy atom. The van der Waals surface area contributed by atoms with Crippen LogP contribution in [0.2, 0.25) is 0 Å². The molecule has 1 aliphatic heterocycles. The number of rotatable bonds is 4. The first-order valence-corrected chi connectivity index (χ1v) is 9.94. The molecule has 1 amide bonds. The summed E-state index contributed by atoms with van der Waals surface area (Å²) < 4.78 is 5.68. The number of nitrogens with one attached hydrogen (secondary N) is 2. The quantitative estimate of drug-likeness (QED) is 0.837. The van der Waals surface area contributed by atoms with Crippen LogP contribution in [0.1, 0.15) is 42.2 Å². The van der Waals surface area contributed by atoms with E-state index in [0.717, 1.165) is 61.0 Å². The molecule has 2 aromatic heterocycles. The van der Waals surface area contributed by atoms with Crippen LogP contribution in [0.25, 0.3) is 0 Å². The molecule has 2 N–H and O–H groups in total. The maximum atomic E-state index is 13.2. The first-order valence-electron chi connectivity index (χ1n) is 9.94. The van der Waals surface area contributed by atoms with Gasteiger partial charge >= 0.3 is 0 Å². The van der Waals surface area contributed by atoms with Crippen LogP contribution in [0.15, 0.2) is 12.4 Å². The predicted octanol–water partition coefficient (Wildman–Crippen LogP) is 2.00. The van der Waals surface area contributed by atoms with Crippen molar-refractivity contribution in [2.75, 3.05) is 19.0 Å². The number of aryl methyl sites for hydroxylation is 2. The van der Waals surface area contributed by atoms with Gasteiger partial charge in [-0.05, 0) is 33.1 Å². The number of carbonyl (C=O) groups excluding carboxylic acids is 1. The zero-order chi connectivity index (χ0) is 19.7. The molecular formula is C20H28N6O2. The summed E-state index contributed by atoms with van der Waals surface area (Å²) in [5, 5.41) is 3.47. The third-order valence-electron chi connectivity index (χ3n) is 5.84. The largest absolute Gasteiger partial charge is 0.379 e. The van der Waals surface area contributed by atoms with Crippen molar-refractivity contribution in [3.63, 3.8) is 0 Å². The van der Waals surface area contributed by atoms with Gasteiger partial charge in [-0.25, -0.2) is 15.0 Å². The lowest BCUT2D eigenvalue weighted by molar-refractivity contribution is -0.138. The molecule has 1 aliphatic carbocycles. The smallest absolute Gasteiger partial charge is 0.226 e. The van der Waals surface area contributed by atoms with Crippen molar-refractivity contribution in [2.45, 2.75) is 58.2 Å². The molecule has 8 heteroatoms. The minimum Gasteiger partial charge on any atom is -0.379 e. The molecule has 3 atom stereocenters. The van der Waals surface area contributed by atoms with Gasteiger partial charge in [-0.15, -0.1) is 0 Å². The highest BCUT2D eigenvalue weighted by atomic mass is 16.5. The van der Waals surface area contributed by atoms with E-state index in [-0.39, 0.29) is 24.0 Å². The van der Waals surface area contributed by atoms with Gasteiger partial charge in [-0.1, -0.05) is 0 Å². The summed E-state index contributed by atoms with van der Waals surface area (Å²) >= 11 is 0. The third-order valence-corrected chi connectivity index (χ3v) is 5.84. The van der Waals surface area contributed by atoms with E-state index in [2.05, 4.69) is 25.3 Å². The van der Waals surface area contributed by atoms with Crippen molar-refractivity contribution in [3.05, 3.63) is 35.3 Å². The van der Waals surface area contributed by atoms with Crippen molar-refractivity contribution in [1.29, 1.82) is 0 Å². The average molecular weight is 384 g/mol. The Morgan fingerprint density at radius 1 is 1.32 bits per heavy atom. The van der Waals surface area contributed by atoms with Crippen LogP contribution in [0, 0.1) is 19.8 Å². The highest BCUT2D eigenvalue weighted by molar-refractivity contribution is 5.79. The second-order valence-corrected chi connectivity index (χ2v) is 7.84. The van der Waals surface area contributed by atoms with Gasteiger partial charge in [0.25, 0.3) is 0 Å². The molecule has 28 heavy (non-hydrogen) atoms. The lowest BCUT2D eigenvalue weighted by Crippen LogP contribution is -2.47. The topological polar surface area (TPSA) is 96.0 Å². The fourth-order valence-corrected chi connectivity index (χ4v) is 4.41. The number of hydrogen-bond donors (Lipinski definition) is 2. The van der Waals surface area contributed by atoms with Crippen molar-refractivity contribution in [1.82, 2.24) is 24.8 Å². The molecule has 2 aromatic rings. The van der Waals surface area contributed by atoms with E-state index in [4.69, 9.17) is 4.74 Å². The lowest BCUT2D eigenvalue weighted by atomic mass is 9.82. The Balaban J connectivity index is 1.44. The highest BCUT2D eigenvalue weighted by Gasteiger charge is 2.37. The van der Waals surface area contributed by atoms with E-state index in [0.29, 0.717) is 6.54 Å². The Kier molecular flexibility index (Phi) is 5.30. The van der Waals surface area contributed by atoms with Gasteiger partial charge in [0.05, 0.1) is 30.1 Å². The summed E-state index contributed by atoms with van der Waals surface area (Å²) in [6.45, 7) is 5.27. The van der Waals surface area contributed by atoms with Crippen LogP contribution < -0.4 is 5.32 Å². The SMILES string of the molecule is CO[C@@H]1CC[C@H](C(=O)N2CCc3nc(C)[nH]c3C2)C[C@H]1Nc1cc(C)ncn1. The van der Waals surface area contributed by atoms with Crippen molar-refractivity contribution in [3.8, 4) is 0 Å². The number of nitrogens with zero attached hydrogens (tertiary/aromatic N) is 4. The molecule has 1 saturated carbocycles. The van der Waals surface area contributed by atoms with Gasteiger partial charge in [0, 0.05) is 37.8 Å². The maximum Gasteiger partial charge on any atom is 0.226 e. The van der Waals surface area contributed by atoms with Gasteiger partial charge in [0.1, 0.15) is 18.0 Å². The molecule has 2 aliphatic rings. The van der Waals surface area contributed by atoms with E-state index >= 15 is 0 Å². The number of amides is 1. The first kappa shape index (κ1) is 18.9. The summed E-state index contributed by atoms with van der Waals surface area (Å²) in [4.78, 5) is 31.4. The van der Waals surface area contributed by atoms with Crippen LogP contribution >= 0.6 is 0 Å². The summed E-state index contributed by atoms with van der Waals surface area (Å²) in [6, 6.07) is 1.97. The molecule has 0 radical (unpaired) electrons. The molecule has 8 nitrogen and oxygen atoms in total. The fourth-order valence-electron chi connectivity index (χ4n) is 4.41. The monoisotopic (exact) mass is 384 g/mol. The number of ether oxygens (including phenoxy) is 1. The second-order valence-electron chi connectivity index (χ2n) is 7.84. The number of fused-ring (bicyclic) bond motifs is 1.